The molecule has 0 saturated heterocycles. The first kappa shape index (κ1) is 14.5. The highest BCUT2D eigenvalue weighted by Crippen LogP contribution is 2.32. The van der Waals surface area contributed by atoms with E-state index in [2.05, 4.69) is 0 Å². The van der Waals surface area contributed by atoms with Gasteiger partial charge in [0.05, 0.1) is 11.5 Å². The molecule has 106 valence electrons. The summed E-state index contributed by atoms with van der Waals surface area (Å²) in [6.07, 6.45) is 0. The van der Waals surface area contributed by atoms with E-state index < -0.39 is 11.5 Å². The molecule has 2 rings (SSSR count). The molecule has 0 bridgehead atoms. The Kier molecular flexibility index (Phi) is 3.82. The lowest BCUT2D eigenvalue weighted by molar-refractivity contribution is -0.141. The molecule has 0 radical (unpaired) electrons. The number of benzene rings is 2. The first-order valence-electron chi connectivity index (χ1n) is 6.77. The van der Waals surface area contributed by atoms with Gasteiger partial charge in [0.25, 0.3) is 0 Å². The fraction of sp³-hybridized carbons (Fsp3) is 0.353. The molecule has 0 saturated carbocycles. The minimum atomic E-state index is -1.19. The van der Waals surface area contributed by atoms with Crippen molar-refractivity contribution in [2.24, 2.45) is 5.92 Å². The number of carbonyl (C=O) groups is 1. The number of nitrogens with zero attached hydrogens (tertiary/aromatic N) is 1. The van der Waals surface area contributed by atoms with E-state index in [1.807, 2.05) is 42.5 Å². The normalized spacial score (nSPS) is 15.7. The lowest BCUT2D eigenvalue weighted by Crippen LogP contribution is -2.41. The molecule has 3 heteroatoms. The quantitative estimate of drug-likeness (QED) is 0.932. The number of aliphatic hydroxyl groups is 1. The van der Waals surface area contributed by atoms with Crippen LogP contribution < -0.4 is 0 Å². The molecule has 0 aliphatic rings. The Morgan fingerprint density at radius 2 is 1.75 bits per heavy atom. The summed E-state index contributed by atoms with van der Waals surface area (Å²) >= 11 is 0. The van der Waals surface area contributed by atoms with Crippen LogP contribution in [0, 0.1) is 5.92 Å². The van der Waals surface area contributed by atoms with E-state index in [1.54, 1.807) is 27.9 Å². The van der Waals surface area contributed by atoms with E-state index in [0.717, 1.165) is 16.3 Å². The van der Waals surface area contributed by atoms with Crippen LogP contribution in [0.5, 0.6) is 0 Å². The van der Waals surface area contributed by atoms with Crippen LogP contribution in [0.25, 0.3) is 10.8 Å². The summed E-state index contributed by atoms with van der Waals surface area (Å²) in [5, 5.41) is 13.0. The molecule has 0 aliphatic carbocycles. The van der Waals surface area contributed by atoms with E-state index in [1.165, 1.54) is 4.90 Å². The van der Waals surface area contributed by atoms with Crippen LogP contribution in [-0.4, -0.2) is 30.0 Å². The second kappa shape index (κ2) is 5.25. The van der Waals surface area contributed by atoms with Gasteiger partial charge in [-0.15, -0.1) is 0 Å². The van der Waals surface area contributed by atoms with Gasteiger partial charge in [-0.05, 0) is 29.3 Å². The van der Waals surface area contributed by atoms with Crippen molar-refractivity contribution < 1.29 is 9.90 Å². The van der Waals surface area contributed by atoms with Crippen LogP contribution in [0.1, 0.15) is 19.4 Å². The van der Waals surface area contributed by atoms with Gasteiger partial charge in [-0.2, -0.15) is 0 Å². The fourth-order valence-electron chi connectivity index (χ4n) is 2.38. The van der Waals surface area contributed by atoms with Gasteiger partial charge in [0.1, 0.15) is 0 Å². The van der Waals surface area contributed by atoms with Crippen molar-refractivity contribution in [3.05, 3.63) is 48.0 Å². The summed E-state index contributed by atoms with van der Waals surface area (Å²) in [5.74, 6) is -0.582. The highest BCUT2D eigenvalue weighted by Gasteiger charge is 2.36. The molecule has 1 amide bonds. The van der Waals surface area contributed by atoms with Crippen molar-refractivity contribution in [3.8, 4) is 0 Å². The van der Waals surface area contributed by atoms with Crippen LogP contribution in [0.2, 0.25) is 0 Å². The molecular weight excluding hydrogens is 250 g/mol. The average Bonchev–Trinajstić information content (AvgIpc) is 2.44. The third-order valence-corrected chi connectivity index (χ3v) is 3.99. The van der Waals surface area contributed by atoms with Crippen molar-refractivity contribution in [1.29, 1.82) is 0 Å². The molecule has 1 N–H and O–H groups in total. The molecule has 0 aliphatic heterocycles. The summed E-state index contributed by atoms with van der Waals surface area (Å²) in [7, 11) is 3.41. The van der Waals surface area contributed by atoms with E-state index in [-0.39, 0.29) is 5.91 Å². The van der Waals surface area contributed by atoms with Gasteiger partial charge < -0.3 is 10.0 Å². The average molecular weight is 271 g/mol. The maximum Gasteiger partial charge on any atom is 0.228 e. The van der Waals surface area contributed by atoms with Gasteiger partial charge in [-0.25, -0.2) is 0 Å². The molecule has 0 spiro atoms. The molecule has 2 aromatic rings. The first-order chi connectivity index (χ1) is 9.34. The Bertz CT molecular complexity index is 632. The third kappa shape index (κ3) is 2.54. The van der Waals surface area contributed by atoms with E-state index >= 15 is 0 Å². The van der Waals surface area contributed by atoms with Gasteiger partial charge in [-0.1, -0.05) is 43.3 Å². The molecule has 0 aromatic heterocycles. The van der Waals surface area contributed by atoms with E-state index in [4.69, 9.17) is 0 Å². The molecule has 2 atom stereocenters. The number of carbonyl (C=O) groups excluding carboxylic acids is 1. The Morgan fingerprint density at radius 3 is 2.35 bits per heavy atom. The summed E-state index contributed by atoms with van der Waals surface area (Å²) < 4.78 is 0. The van der Waals surface area contributed by atoms with Gasteiger partial charge in [0, 0.05) is 14.1 Å². The lowest BCUT2D eigenvalue weighted by Gasteiger charge is -2.31. The van der Waals surface area contributed by atoms with Crippen molar-refractivity contribution >= 4 is 16.7 Å². The number of hydrogen-bond donors (Lipinski definition) is 1. The Morgan fingerprint density at radius 1 is 1.15 bits per heavy atom. The predicted octanol–water partition coefficient (Wildman–Crippen LogP) is 2.77. The molecule has 0 heterocycles. The largest absolute Gasteiger partial charge is 0.385 e. The van der Waals surface area contributed by atoms with Crippen molar-refractivity contribution in [2.75, 3.05) is 14.1 Å². The number of amides is 1. The maximum absolute atomic E-state index is 12.1. The van der Waals surface area contributed by atoms with Crippen molar-refractivity contribution in [2.45, 2.75) is 19.4 Å². The standard InChI is InChI=1S/C17H21NO2/c1-12(16(19)18(3)4)17(2,20)15-10-9-13-7-5-6-8-14(13)11-15/h5-12,20H,1-4H3/t12-,17+/m0/s1. The molecule has 20 heavy (non-hydrogen) atoms. The predicted molar refractivity (Wildman–Crippen MR) is 81.4 cm³/mol. The molecule has 3 nitrogen and oxygen atoms in total. The smallest absolute Gasteiger partial charge is 0.228 e. The van der Waals surface area contributed by atoms with Crippen LogP contribution in [-0.2, 0) is 10.4 Å². The topological polar surface area (TPSA) is 40.5 Å². The van der Waals surface area contributed by atoms with Gasteiger partial charge >= 0.3 is 0 Å². The summed E-state index contributed by atoms with van der Waals surface area (Å²) in [5.41, 5.74) is -0.426. The van der Waals surface area contributed by atoms with E-state index in [9.17, 15) is 9.90 Å². The first-order valence-corrected chi connectivity index (χ1v) is 6.77. The SMILES string of the molecule is C[C@@H](C(=O)N(C)C)[C@@](C)(O)c1ccc2ccccc2c1. The van der Waals surface area contributed by atoms with Gasteiger partial charge in [-0.3, -0.25) is 4.79 Å². The minimum absolute atomic E-state index is 0.0804. The zero-order chi connectivity index (χ0) is 14.9. The summed E-state index contributed by atoms with van der Waals surface area (Å²) in [6.45, 7) is 3.46. The number of hydrogen-bond acceptors (Lipinski definition) is 2. The Labute approximate surface area is 119 Å². The molecule has 0 fully saturated rings. The maximum atomic E-state index is 12.1. The second-order valence-corrected chi connectivity index (χ2v) is 5.66. The Hall–Kier alpha value is -1.87. The van der Waals surface area contributed by atoms with Gasteiger partial charge in [0.2, 0.25) is 5.91 Å². The lowest BCUT2D eigenvalue weighted by atomic mass is 9.82. The zero-order valence-corrected chi connectivity index (χ0v) is 12.4. The third-order valence-electron chi connectivity index (χ3n) is 3.99. The summed E-state index contributed by atoms with van der Waals surface area (Å²) in [6, 6.07) is 13.8. The fourth-order valence-corrected chi connectivity index (χ4v) is 2.38. The van der Waals surface area contributed by atoms with E-state index in [0.29, 0.717) is 0 Å². The zero-order valence-electron chi connectivity index (χ0n) is 12.4. The van der Waals surface area contributed by atoms with Crippen LogP contribution >= 0.6 is 0 Å². The second-order valence-electron chi connectivity index (χ2n) is 5.66. The summed E-state index contributed by atoms with van der Waals surface area (Å²) in [4.78, 5) is 13.6. The molecular formula is C17H21NO2. The van der Waals surface area contributed by atoms with Crippen LogP contribution in [0.4, 0.5) is 0 Å². The van der Waals surface area contributed by atoms with Crippen LogP contribution in [0.3, 0.4) is 0 Å². The van der Waals surface area contributed by atoms with Crippen molar-refractivity contribution in [3.63, 3.8) is 0 Å². The van der Waals surface area contributed by atoms with Gasteiger partial charge in [0.15, 0.2) is 0 Å². The van der Waals surface area contributed by atoms with Crippen molar-refractivity contribution in [1.82, 2.24) is 4.90 Å². The van der Waals surface area contributed by atoms with Crippen LogP contribution in [0.15, 0.2) is 42.5 Å². The molecule has 2 aromatic carbocycles. The highest BCUT2D eigenvalue weighted by molar-refractivity contribution is 5.84. The minimum Gasteiger partial charge on any atom is -0.385 e. The highest BCUT2D eigenvalue weighted by atomic mass is 16.3. The monoisotopic (exact) mass is 271 g/mol. The number of fused-ring (bicyclic) bond motifs is 1. The Balaban J connectivity index is 2.43. The molecule has 0 unspecified atom stereocenters. The number of rotatable bonds is 3.